The molecule has 0 unspecified atom stereocenters. The first-order valence-corrected chi connectivity index (χ1v) is 6.26. The first kappa shape index (κ1) is 12.7. The summed E-state index contributed by atoms with van der Waals surface area (Å²) in [6.07, 6.45) is 4.46. The number of benzene rings is 1. The number of carbonyl (C=O) groups excluding carboxylic acids is 1. The molecular formula is C15H18O3. The van der Waals surface area contributed by atoms with E-state index in [2.05, 4.69) is 12.1 Å². The number of ether oxygens (including phenoxy) is 2. The number of methoxy groups -OCH3 is 1. The molecule has 1 aliphatic rings. The smallest absolute Gasteiger partial charge is 0.310 e. The van der Waals surface area contributed by atoms with E-state index in [0.29, 0.717) is 13.0 Å². The Morgan fingerprint density at radius 3 is 2.94 bits per heavy atom. The molecule has 0 saturated carbocycles. The van der Waals surface area contributed by atoms with Gasteiger partial charge in [0, 0.05) is 0 Å². The summed E-state index contributed by atoms with van der Waals surface area (Å²) in [5.74, 6) is 0.657. The second-order valence-corrected chi connectivity index (χ2v) is 4.27. The largest absolute Gasteiger partial charge is 0.497 e. The molecule has 0 heterocycles. The van der Waals surface area contributed by atoms with E-state index in [0.717, 1.165) is 29.7 Å². The van der Waals surface area contributed by atoms with Crippen molar-refractivity contribution in [1.29, 1.82) is 0 Å². The summed E-state index contributed by atoms with van der Waals surface area (Å²) in [5, 5.41) is 0. The first-order valence-electron chi connectivity index (χ1n) is 6.26. The van der Waals surface area contributed by atoms with Crippen LogP contribution in [0.25, 0.3) is 5.57 Å². The molecule has 0 fully saturated rings. The third-order valence-corrected chi connectivity index (χ3v) is 3.11. The number of hydrogen-bond donors (Lipinski definition) is 0. The van der Waals surface area contributed by atoms with E-state index in [1.54, 1.807) is 7.11 Å². The maximum absolute atomic E-state index is 11.6. The van der Waals surface area contributed by atoms with E-state index in [1.807, 2.05) is 19.1 Å². The standard InChI is InChI=1S/C15H18O3/c1-3-18-15(16)9-12-6-4-5-11-7-8-13(17-2)10-14(11)12/h6-8,10H,3-5,9H2,1-2H3. The predicted octanol–water partition coefficient (Wildman–Crippen LogP) is 2.98. The summed E-state index contributed by atoms with van der Waals surface area (Å²) >= 11 is 0. The minimum atomic E-state index is -0.167. The van der Waals surface area contributed by atoms with Crippen LogP contribution in [-0.4, -0.2) is 19.7 Å². The van der Waals surface area contributed by atoms with Gasteiger partial charge in [-0.15, -0.1) is 0 Å². The van der Waals surface area contributed by atoms with E-state index < -0.39 is 0 Å². The van der Waals surface area contributed by atoms with Crippen LogP contribution >= 0.6 is 0 Å². The average Bonchev–Trinajstić information content (AvgIpc) is 2.39. The van der Waals surface area contributed by atoms with Gasteiger partial charge in [-0.1, -0.05) is 12.1 Å². The molecule has 96 valence electrons. The highest BCUT2D eigenvalue weighted by atomic mass is 16.5. The molecule has 0 aromatic heterocycles. The predicted molar refractivity (Wildman–Crippen MR) is 70.5 cm³/mol. The zero-order valence-electron chi connectivity index (χ0n) is 10.9. The van der Waals surface area contributed by atoms with Gasteiger partial charge in [0.05, 0.1) is 20.1 Å². The quantitative estimate of drug-likeness (QED) is 0.766. The Hall–Kier alpha value is -1.77. The van der Waals surface area contributed by atoms with E-state index in [1.165, 1.54) is 5.56 Å². The fourth-order valence-electron chi connectivity index (χ4n) is 2.25. The van der Waals surface area contributed by atoms with Crippen molar-refractivity contribution in [3.8, 4) is 5.75 Å². The summed E-state index contributed by atoms with van der Waals surface area (Å²) < 4.78 is 10.2. The van der Waals surface area contributed by atoms with E-state index in [9.17, 15) is 4.79 Å². The molecule has 0 aliphatic heterocycles. The topological polar surface area (TPSA) is 35.5 Å². The molecule has 1 aliphatic carbocycles. The number of aryl methyl sites for hydroxylation is 1. The number of carbonyl (C=O) groups is 1. The van der Waals surface area contributed by atoms with Crippen molar-refractivity contribution in [2.24, 2.45) is 0 Å². The summed E-state index contributed by atoms with van der Waals surface area (Å²) in [5.41, 5.74) is 3.44. The van der Waals surface area contributed by atoms with Gasteiger partial charge in [-0.3, -0.25) is 4.79 Å². The lowest BCUT2D eigenvalue weighted by Crippen LogP contribution is -2.08. The second kappa shape index (κ2) is 5.71. The third-order valence-electron chi connectivity index (χ3n) is 3.11. The molecule has 0 saturated heterocycles. The van der Waals surface area contributed by atoms with Gasteiger partial charge >= 0.3 is 5.97 Å². The molecule has 0 spiro atoms. The minimum absolute atomic E-state index is 0.167. The van der Waals surface area contributed by atoms with E-state index >= 15 is 0 Å². The molecule has 2 rings (SSSR count). The molecule has 1 aromatic carbocycles. The van der Waals surface area contributed by atoms with Crippen molar-refractivity contribution in [1.82, 2.24) is 0 Å². The summed E-state index contributed by atoms with van der Waals surface area (Å²) in [7, 11) is 1.65. The van der Waals surface area contributed by atoms with Gasteiger partial charge in [0.25, 0.3) is 0 Å². The van der Waals surface area contributed by atoms with Gasteiger partial charge in [-0.2, -0.15) is 0 Å². The minimum Gasteiger partial charge on any atom is -0.497 e. The van der Waals surface area contributed by atoms with Crippen molar-refractivity contribution in [3.05, 3.63) is 35.4 Å². The number of rotatable bonds is 4. The lowest BCUT2D eigenvalue weighted by molar-refractivity contribution is -0.141. The van der Waals surface area contributed by atoms with Gasteiger partial charge in [0.15, 0.2) is 0 Å². The highest BCUT2D eigenvalue weighted by Gasteiger charge is 2.16. The summed E-state index contributed by atoms with van der Waals surface area (Å²) in [4.78, 5) is 11.6. The van der Waals surface area contributed by atoms with Gasteiger partial charge in [-0.05, 0) is 48.6 Å². The molecule has 0 radical (unpaired) electrons. The van der Waals surface area contributed by atoms with Gasteiger partial charge in [0.1, 0.15) is 5.75 Å². The molecule has 0 amide bonds. The normalized spacial score (nSPS) is 13.6. The fraction of sp³-hybridized carbons (Fsp3) is 0.400. The summed E-state index contributed by atoms with van der Waals surface area (Å²) in [6.45, 7) is 2.25. The Bertz CT molecular complexity index is 475. The molecule has 0 atom stereocenters. The maximum Gasteiger partial charge on any atom is 0.310 e. The Kier molecular flexibility index (Phi) is 4.03. The van der Waals surface area contributed by atoms with Crippen molar-refractivity contribution in [2.75, 3.05) is 13.7 Å². The lowest BCUT2D eigenvalue weighted by Gasteiger charge is -2.18. The number of esters is 1. The maximum atomic E-state index is 11.6. The molecule has 18 heavy (non-hydrogen) atoms. The van der Waals surface area contributed by atoms with Crippen LogP contribution in [0.2, 0.25) is 0 Å². The van der Waals surface area contributed by atoms with Crippen LogP contribution in [0.1, 0.15) is 30.9 Å². The molecular weight excluding hydrogens is 228 g/mol. The van der Waals surface area contributed by atoms with Crippen molar-refractivity contribution >= 4 is 11.5 Å². The van der Waals surface area contributed by atoms with Crippen molar-refractivity contribution < 1.29 is 14.3 Å². The van der Waals surface area contributed by atoms with Gasteiger partial charge in [-0.25, -0.2) is 0 Å². The fourth-order valence-corrected chi connectivity index (χ4v) is 2.25. The highest BCUT2D eigenvalue weighted by molar-refractivity contribution is 5.86. The number of hydrogen-bond acceptors (Lipinski definition) is 3. The second-order valence-electron chi connectivity index (χ2n) is 4.27. The lowest BCUT2D eigenvalue weighted by atomic mass is 9.89. The number of allylic oxidation sites excluding steroid dienone is 1. The monoisotopic (exact) mass is 246 g/mol. The Morgan fingerprint density at radius 2 is 2.22 bits per heavy atom. The van der Waals surface area contributed by atoms with Crippen LogP contribution in [0.15, 0.2) is 24.3 Å². The first-order chi connectivity index (χ1) is 8.74. The van der Waals surface area contributed by atoms with Crippen LogP contribution in [0.3, 0.4) is 0 Å². The Balaban J connectivity index is 2.23. The number of fused-ring (bicyclic) bond motifs is 1. The highest BCUT2D eigenvalue weighted by Crippen LogP contribution is 2.31. The van der Waals surface area contributed by atoms with Gasteiger partial charge < -0.3 is 9.47 Å². The van der Waals surface area contributed by atoms with E-state index in [-0.39, 0.29) is 5.97 Å². The van der Waals surface area contributed by atoms with Crippen LogP contribution < -0.4 is 4.74 Å². The molecule has 3 heteroatoms. The zero-order valence-corrected chi connectivity index (χ0v) is 10.9. The summed E-state index contributed by atoms with van der Waals surface area (Å²) in [6, 6.07) is 6.04. The Labute approximate surface area is 107 Å². The van der Waals surface area contributed by atoms with Crippen LogP contribution in [0.5, 0.6) is 5.75 Å². The molecule has 3 nitrogen and oxygen atoms in total. The van der Waals surface area contributed by atoms with E-state index in [4.69, 9.17) is 9.47 Å². The molecule has 0 N–H and O–H groups in total. The average molecular weight is 246 g/mol. The SMILES string of the molecule is CCOC(=O)CC1=CCCc2ccc(OC)cc21. The molecule has 0 bridgehead atoms. The third kappa shape index (κ3) is 2.73. The van der Waals surface area contributed by atoms with Crippen LogP contribution in [-0.2, 0) is 16.0 Å². The Morgan fingerprint density at radius 1 is 1.39 bits per heavy atom. The van der Waals surface area contributed by atoms with Crippen LogP contribution in [0.4, 0.5) is 0 Å². The van der Waals surface area contributed by atoms with Crippen molar-refractivity contribution in [3.63, 3.8) is 0 Å². The van der Waals surface area contributed by atoms with Gasteiger partial charge in [0.2, 0.25) is 0 Å². The van der Waals surface area contributed by atoms with Crippen molar-refractivity contribution in [2.45, 2.75) is 26.2 Å². The zero-order chi connectivity index (χ0) is 13.0. The van der Waals surface area contributed by atoms with Crippen LogP contribution in [0, 0.1) is 0 Å². The molecule has 1 aromatic rings.